The van der Waals surface area contributed by atoms with E-state index in [4.69, 9.17) is 5.73 Å². The van der Waals surface area contributed by atoms with Crippen molar-refractivity contribution in [1.29, 1.82) is 0 Å². The fourth-order valence-electron chi connectivity index (χ4n) is 2.60. The molecule has 0 amide bonds. The smallest absolute Gasteiger partial charge is 0.0110 e. The molecule has 2 rings (SSSR count). The number of nitrogens with two attached hydrogens (primary N) is 1. The summed E-state index contributed by atoms with van der Waals surface area (Å²) in [6.07, 6.45) is 6.59. The summed E-state index contributed by atoms with van der Waals surface area (Å²) in [5.41, 5.74) is 5.96. The molecule has 2 aliphatic rings. The van der Waals surface area contributed by atoms with Crippen LogP contribution in [0.25, 0.3) is 0 Å². The van der Waals surface area contributed by atoms with E-state index in [1.807, 2.05) is 0 Å². The lowest BCUT2D eigenvalue weighted by Crippen LogP contribution is -2.32. The normalized spacial score (nSPS) is 45.8. The standard InChI is InChI=1S/C9H18N2/c1-11-8-3-2-7(10)6-9(11)5-4-8/h7-9H,2-6,10H2,1H3/t7-,8?,9-/m1/s1. The molecule has 2 heteroatoms. The van der Waals surface area contributed by atoms with Gasteiger partial charge in [-0.2, -0.15) is 0 Å². The van der Waals surface area contributed by atoms with E-state index < -0.39 is 0 Å². The maximum atomic E-state index is 5.96. The number of rotatable bonds is 0. The topological polar surface area (TPSA) is 29.3 Å². The summed E-state index contributed by atoms with van der Waals surface area (Å²) in [5.74, 6) is 0. The lowest BCUT2D eigenvalue weighted by atomic mass is 9.98. The highest BCUT2D eigenvalue weighted by atomic mass is 15.2. The molecule has 0 aromatic heterocycles. The zero-order valence-corrected chi connectivity index (χ0v) is 7.29. The van der Waals surface area contributed by atoms with Crippen LogP contribution in [-0.4, -0.2) is 30.1 Å². The Hall–Kier alpha value is -0.0800. The second-order valence-corrected chi connectivity index (χ2v) is 4.12. The predicted molar refractivity (Wildman–Crippen MR) is 46.4 cm³/mol. The Morgan fingerprint density at radius 1 is 1.09 bits per heavy atom. The molecule has 3 atom stereocenters. The van der Waals surface area contributed by atoms with Gasteiger partial charge >= 0.3 is 0 Å². The SMILES string of the molecule is CN1C2CC[C@@H](N)C[C@H]1CC2. The van der Waals surface area contributed by atoms with Crippen molar-refractivity contribution >= 4 is 0 Å². The largest absolute Gasteiger partial charge is 0.328 e. The minimum atomic E-state index is 0.479. The molecule has 2 nitrogen and oxygen atoms in total. The molecule has 0 radical (unpaired) electrons. The summed E-state index contributed by atoms with van der Waals surface area (Å²) < 4.78 is 0. The number of hydrogen-bond acceptors (Lipinski definition) is 2. The summed E-state index contributed by atoms with van der Waals surface area (Å²) in [6, 6.07) is 2.14. The molecule has 2 fully saturated rings. The highest BCUT2D eigenvalue weighted by Gasteiger charge is 2.33. The van der Waals surface area contributed by atoms with Gasteiger partial charge in [-0.1, -0.05) is 0 Å². The molecule has 0 aliphatic carbocycles. The van der Waals surface area contributed by atoms with Crippen molar-refractivity contribution < 1.29 is 0 Å². The van der Waals surface area contributed by atoms with Gasteiger partial charge in [0.15, 0.2) is 0 Å². The Labute approximate surface area is 68.7 Å². The highest BCUT2D eigenvalue weighted by molar-refractivity contribution is 4.91. The third-order valence-electron chi connectivity index (χ3n) is 3.43. The Morgan fingerprint density at radius 2 is 1.73 bits per heavy atom. The van der Waals surface area contributed by atoms with Gasteiger partial charge in [0.05, 0.1) is 0 Å². The first-order valence-electron chi connectivity index (χ1n) is 4.75. The van der Waals surface area contributed by atoms with Crippen molar-refractivity contribution in [3.63, 3.8) is 0 Å². The molecule has 0 saturated carbocycles. The van der Waals surface area contributed by atoms with Crippen LogP contribution in [0.2, 0.25) is 0 Å². The van der Waals surface area contributed by atoms with Crippen LogP contribution in [0, 0.1) is 0 Å². The van der Waals surface area contributed by atoms with E-state index in [0.717, 1.165) is 12.1 Å². The van der Waals surface area contributed by atoms with Gasteiger partial charge in [0.25, 0.3) is 0 Å². The molecular formula is C9H18N2. The second kappa shape index (κ2) is 2.76. The van der Waals surface area contributed by atoms with Crippen LogP contribution in [0.4, 0.5) is 0 Å². The van der Waals surface area contributed by atoms with Crippen molar-refractivity contribution in [1.82, 2.24) is 4.90 Å². The predicted octanol–water partition coefficient (Wildman–Crippen LogP) is 0.960. The zero-order valence-electron chi connectivity index (χ0n) is 7.29. The van der Waals surface area contributed by atoms with E-state index in [0.29, 0.717) is 6.04 Å². The molecule has 64 valence electrons. The van der Waals surface area contributed by atoms with Gasteiger partial charge in [0, 0.05) is 18.1 Å². The van der Waals surface area contributed by atoms with Gasteiger partial charge in [-0.25, -0.2) is 0 Å². The van der Waals surface area contributed by atoms with Crippen LogP contribution >= 0.6 is 0 Å². The van der Waals surface area contributed by atoms with Crippen LogP contribution in [-0.2, 0) is 0 Å². The lowest BCUT2D eigenvalue weighted by molar-refractivity contribution is 0.242. The molecule has 0 aromatic carbocycles. The number of hydrogen-bond donors (Lipinski definition) is 1. The Bertz CT molecular complexity index is 146. The number of fused-ring (bicyclic) bond motifs is 2. The van der Waals surface area contributed by atoms with Crippen LogP contribution in [0.5, 0.6) is 0 Å². The van der Waals surface area contributed by atoms with E-state index in [2.05, 4.69) is 11.9 Å². The summed E-state index contributed by atoms with van der Waals surface area (Å²) >= 11 is 0. The molecular weight excluding hydrogens is 136 g/mol. The highest BCUT2D eigenvalue weighted by Crippen LogP contribution is 2.31. The van der Waals surface area contributed by atoms with E-state index in [1.165, 1.54) is 32.1 Å². The molecule has 1 unspecified atom stereocenters. The first kappa shape index (κ1) is 7.56. The lowest BCUT2D eigenvalue weighted by Gasteiger charge is -2.22. The Balaban J connectivity index is 2.07. The monoisotopic (exact) mass is 154 g/mol. The Morgan fingerprint density at radius 3 is 2.55 bits per heavy atom. The van der Waals surface area contributed by atoms with Crippen LogP contribution in [0.15, 0.2) is 0 Å². The van der Waals surface area contributed by atoms with Crippen LogP contribution in [0.1, 0.15) is 32.1 Å². The fraction of sp³-hybridized carbons (Fsp3) is 1.00. The molecule has 2 heterocycles. The van der Waals surface area contributed by atoms with Crippen LogP contribution in [0.3, 0.4) is 0 Å². The van der Waals surface area contributed by atoms with Crippen LogP contribution < -0.4 is 5.73 Å². The Kier molecular flexibility index (Phi) is 1.90. The zero-order chi connectivity index (χ0) is 7.84. The summed E-state index contributed by atoms with van der Waals surface area (Å²) in [4.78, 5) is 2.55. The van der Waals surface area contributed by atoms with Gasteiger partial charge < -0.3 is 10.6 Å². The third kappa shape index (κ3) is 1.30. The van der Waals surface area contributed by atoms with E-state index in [-0.39, 0.29) is 0 Å². The van der Waals surface area contributed by atoms with Crippen molar-refractivity contribution in [2.45, 2.75) is 50.2 Å². The fourth-order valence-corrected chi connectivity index (χ4v) is 2.60. The van der Waals surface area contributed by atoms with E-state index in [1.54, 1.807) is 0 Å². The quantitative estimate of drug-likeness (QED) is 0.563. The van der Waals surface area contributed by atoms with Gasteiger partial charge in [-0.05, 0) is 39.2 Å². The summed E-state index contributed by atoms with van der Waals surface area (Å²) in [6.45, 7) is 0. The van der Waals surface area contributed by atoms with E-state index >= 15 is 0 Å². The average Bonchev–Trinajstić information content (AvgIpc) is 2.20. The van der Waals surface area contributed by atoms with Gasteiger partial charge in [-0.15, -0.1) is 0 Å². The molecule has 11 heavy (non-hydrogen) atoms. The maximum Gasteiger partial charge on any atom is 0.0110 e. The molecule has 2 aliphatic heterocycles. The first-order chi connectivity index (χ1) is 5.27. The van der Waals surface area contributed by atoms with Crippen molar-refractivity contribution in [2.75, 3.05) is 7.05 Å². The van der Waals surface area contributed by atoms with Crippen molar-refractivity contribution in [3.05, 3.63) is 0 Å². The number of nitrogens with zero attached hydrogens (tertiary/aromatic N) is 1. The first-order valence-corrected chi connectivity index (χ1v) is 4.75. The second-order valence-electron chi connectivity index (χ2n) is 4.12. The van der Waals surface area contributed by atoms with Crippen molar-refractivity contribution in [2.24, 2.45) is 5.73 Å². The van der Waals surface area contributed by atoms with Gasteiger partial charge in [0.2, 0.25) is 0 Å². The molecule has 0 aromatic rings. The average molecular weight is 154 g/mol. The molecule has 2 saturated heterocycles. The van der Waals surface area contributed by atoms with Gasteiger partial charge in [-0.3, -0.25) is 0 Å². The third-order valence-corrected chi connectivity index (χ3v) is 3.43. The molecule has 2 bridgehead atoms. The molecule has 2 N–H and O–H groups in total. The van der Waals surface area contributed by atoms with Crippen molar-refractivity contribution in [3.8, 4) is 0 Å². The summed E-state index contributed by atoms with van der Waals surface area (Å²) in [5, 5.41) is 0. The van der Waals surface area contributed by atoms with E-state index in [9.17, 15) is 0 Å². The maximum absolute atomic E-state index is 5.96. The summed E-state index contributed by atoms with van der Waals surface area (Å²) in [7, 11) is 2.26. The minimum absolute atomic E-state index is 0.479. The van der Waals surface area contributed by atoms with Gasteiger partial charge in [0.1, 0.15) is 0 Å². The minimum Gasteiger partial charge on any atom is -0.328 e. The molecule has 0 spiro atoms.